The second-order valence-corrected chi connectivity index (χ2v) is 16.8. The molecule has 2 aliphatic carbocycles. The fraction of sp³-hybridized carbons (Fsp3) is 0.304. The van der Waals surface area contributed by atoms with E-state index in [1.54, 1.807) is 0 Å². The topological polar surface area (TPSA) is 18.5 Å². The molecule has 0 amide bonds. The van der Waals surface area contributed by atoms with Gasteiger partial charge in [0.1, 0.15) is 5.75 Å². The van der Waals surface area contributed by atoms with Crippen molar-refractivity contribution in [3.8, 4) is 16.9 Å². The van der Waals surface area contributed by atoms with Crippen molar-refractivity contribution in [3.05, 3.63) is 59.2 Å². The van der Waals surface area contributed by atoms with Crippen LogP contribution in [-0.2, 0) is 10.8 Å². The first-order chi connectivity index (χ1) is 12.8. The molecule has 1 unspecified atom stereocenters. The lowest BCUT2D eigenvalue weighted by molar-refractivity contribution is 0.428. The zero-order valence-electron chi connectivity index (χ0n) is 16.8. The predicted octanol–water partition coefficient (Wildman–Crippen LogP) is 4.46. The Labute approximate surface area is 163 Å². The van der Waals surface area contributed by atoms with Crippen molar-refractivity contribution in [2.75, 3.05) is 7.11 Å². The summed E-state index contributed by atoms with van der Waals surface area (Å²) in [6.45, 7) is 9.20. The van der Waals surface area contributed by atoms with Crippen molar-refractivity contribution < 1.29 is 8.85 Å². The van der Waals surface area contributed by atoms with E-state index in [-0.39, 0.29) is 0 Å². The molecule has 27 heavy (non-hydrogen) atoms. The lowest BCUT2D eigenvalue weighted by atomic mass is 9.96. The Morgan fingerprint density at radius 2 is 1.81 bits per heavy atom. The first-order valence-electron chi connectivity index (χ1n) is 9.77. The highest BCUT2D eigenvalue weighted by molar-refractivity contribution is 7.13. The molecule has 0 bridgehead atoms. The highest BCUT2D eigenvalue weighted by Crippen LogP contribution is 2.50. The van der Waals surface area contributed by atoms with Gasteiger partial charge in [0.15, 0.2) is 0 Å². The summed E-state index contributed by atoms with van der Waals surface area (Å²) in [5, 5.41) is 3.02. The van der Waals surface area contributed by atoms with Gasteiger partial charge in [-0.3, -0.25) is 0 Å². The molecule has 0 saturated carbocycles. The van der Waals surface area contributed by atoms with Crippen LogP contribution in [0.25, 0.3) is 16.7 Å². The summed E-state index contributed by atoms with van der Waals surface area (Å²) in [6, 6.07) is 8.84. The fourth-order valence-electron chi connectivity index (χ4n) is 4.78. The number of rotatable bonds is 4. The first-order valence-corrected chi connectivity index (χ1v) is 15.6. The molecule has 4 heteroatoms. The Morgan fingerprint density at radius 1 is 1.04 bits per heavy atom. The molecule has 5 rings (SSSR count). The molecule has 2 nitrogen and oxygen atoms in total. The zero-order valence-corrected chi connectivity index (χ0v) is 18.8. The van der Waals surface area contributed by atoms with E-state index in [1.807, 2.05) is 7.11 Å². The predicted molar refractivity (Wildman–Crippen MR) is 118 cm³/mol. The molecule has 0 spiro atoms. The Balaban J connectivity index is 1.85. The summed E-state index contributed by atoms with van der Waals surface area (Å²) < 4.78 is 13.0. The minimum Gasteiger partial charge on any atom is -0.543 e. The van der Waals surface area contributed by atoms with Crippen LogP contribution < -0.4 is 14.8 Å². The SMILES string of the molecule is CO[Si]1(C)c2c3c(c(O[Si](C)(C)C)c(C4=CC=CC4)c21)-c1ccccc1C3. The molecule has 0 fully saturated rings. The van der Waals surface area contributed by atoms with Gasteiger partial charge in [0.2, 0.25) is 8.32 Å². The fourth-order valence-corrected chi connectivity index (χ4v) is 9.07. The molecule has 1 atom stereocenters. The molecule has 1 aliphatic heterocycles. The molecule has 0 saturated heterocycles. The number of fused-ring (bicyclic) bond motifs is 5. The van der Waals surface area contributed by atoms with Gasteiger partial charge >= 0.3 is 0 Å². The van der Waals surface area contributed by atoms with E-state index in [0.29, 0.717) is 0 Å². The van der Waals surface area contributed by atoms with Crippen LogP contribution in [-0.4, -0.2) is 23.7 Å². The minimum absolute atomic E-state index is 0.989. The first kappa shape index (κ1) is 17.2. The van der Waals surface area contributed by atoms with E-state index in [9.17, 15) is 0 Å². The molecule has 138 valence electrons. The highest BCUT2D eigenvalue weighted by atomic mass is 28.4. The van der Waals surface area contributed by atoms with Crippen molar-refractivity contribution in [1.82, 2.24) is 0 Å². The minimum atomic E-state index is -1.97. The zero-order chi connectivity index (χ0) is 19.0. The Bertz CT molecular complexity index is 1040. The molecule has 0 aromatic heterocycles. The van der Waals surface area contributed by atoms with Crippen molar-refractivity contribution in [3.63, 3.8) is 0 Å². The third-order valence-corrected chi connectivity index (χ3v) is 10.4. The van der Waals surface area contributed by atoms with Gasteiger partial charge in [0.25, 0.3) is 8.32 Å². The van der Waals surface area contributed by atoms with E-state index < -0.39 is 16.6 Å². The number of allylic oxidation sites excluding steroid dienone is 4. The number of benzene rings is 2. The molecule has 1 heterocycles. The second kappa shape index (κ2) is 5.57. The van der Waals surface area contributed by atoms with Gasteiger partial charge in [-0.05, 0) is 71.7 Å². The third kappa shape index (κ3) is 2.40. The van der Waals surface area contributed by atoms with Crippen molar-refractivity contribution in [2.45, 2.75) is 39.0 Å². The smallest absolute Gasteiger partial charge is 0.253 e. The van der Waals surface area contributed by atoms with Crippen molar-refractivity contribution in [1.29, 1.82) is 0 Å². The molecule has 0 radical (unpaired) electrons. The lowest BCUT2D eigenvalue weighted by Crippen LogP contribution is -2.31. The van der Waals surface area contributed by atoms with Crippen LogP contribution in [0.15, 0.2) is 42.5 Å². The Kier molecular flexibility index (Phi) is 3.55. The van der Waals surface area contributed by atoms with E-state index in [1.165, 1.54) is 43.8 Å². The molecule has 0 N–H and O–H groups in total. The summed E-state index contributed by atoms with van der Waals surface area (Å²) in [7, 11) is -1.85. The average molecular weight is 391 g/mol. The van der Waals surface area contributed by atoms with Gasteiger partial charge in [-0.2, -0.15) is 0 Å². The van der Waals surface area contributed by atoms with Gasteiger partial charge in [0.05, 0.1) is 0 Å². The van der Waals surface area contributed by atoms with Crippen LogP contribution in [0, 0.1) is 0 Å². The molecule has 3 aliphatic rings. The van der Waals surface area contributed by atoms with E-state index >= 15 is 0 Å². The largest absolute Gasteiger partial charge is 0.543 e. The highest BCUT2D eigenvalue weighted by Gasteiger charge is 2.57. The maximum absolute atomic E-state index is 6.83. The molecular weight excluding hydrogens is 364 g/mol. The van der Waals surface area contributed by atoms with E-state index in [2.05, 4.69) is 68.7 Å². The Hall–Kier alpha value is -1.89. The van der Waals surface area contributed by atoms with Crippen molar-refractivity contribution in [2.24, 2.45) is 0 Å². The van der Waals surface area contributed by atoms with E-state index in [0.717, 1.165) is 18.6 Å². The standard InChI is InChI=1S/C23H26O2Si2/c1-24-27(5)22-18-14-16-12-8-9-13-17(16)20(18)21(25-26(2,3)4)19(23(22)27)15-10-6-7-11-15/h6-10,12-13H,11,14H2,1-5H3. The monoisotopic (exact) mass is 390 g/mol. The Morgan fingerprint density at radius 3 is 2.48 bits per heavy atom. The van der Waals surface area contributed by atoms with Crippen LogP contribution >= 0.6 is 0 Å². The van der Waals surface area contributed by atoms with Gasteiger partial charge in [-0.15, -0.1) is 0 Å². The molecule has 2 aromatic rings. The van der Waals surface area contributed by atoms with Crippen molar-refractivity contribution >= 4 is 32.6 Å². The van der Waals surface area contributed by atoms with Gasteiger partial charge in [-0.1, -0.05) is 42.5 Å². The number of hydrogen-bond donors (Lipinski definition) is 0. The van der Waals surface area contributed by atoms with Crippen LogP contribution in [0.4, 0.5) is 0 Å². The average Bonchev–Trinajstić information content (AvgIpc) is 3.01. The molecule has 2 aromatic carbocycles. The summed E-state index contributed by atoms with van der Waals surface area (Å²) in [4.78, 5) is 0. The van der Waals surface area contributed by atoms with Crippen LogP contribution in [0.3, 0.4) is 0 Å². The summed E-state index contributed by atoms with van der Waals surface area (Å²) in [5.41, 5.74) is 8.35. The normalized spacial score (nSPS) is 21.6. The summed E-state index contributed by atoms with van der Waals surface area (Å²) >= 11 is 0. The third-order valence-electron chi connectivity index (χ3n) is 6.01. The maximum atomic E-state index is 6.83. The lowest BCUT2D eigenvalue weighted by Gasteiger charge is -2.25. The van der Waals surface area contributed by atoms with Gasteiger partial charge < -0.3 is 8.85 Å². The van der Waals surface area contributed by atoms with Crippen LogP contribution in [0.1, 0.15) is 23.1 Å². The maximum Gasteiger partial charge on any atom is 0.253 e. The molecular formula is C23H26O2Si2. The van der Waals surface area contributed by atoms with Crippen LogP contribution in [0.2, 0.25) is 26.2 Å². The second-order valence-electron chi connectivity index (χ2n) is 8.92. The number of hydrogen-bond acceptors (Lipinski definition) is 2. The van der Waals surface area contributed by atoms with Crippen LogP contribution in [0.5, 0.6) is 5.75 Å². The summed E-state index contributed by atoms with van der Waals surface area (Å²) in [5.74, 6) is 1.14. The van der Waals surface area contributed by atoms with E-state index in [4.69, 9.17) is 8.85 Å². The van der Waals surface area contributed by atoms with Gasteiger partial charge in [-0.25, -0.2) is 0 Å². The summed E-state index contributed by atoms with van der Waals surface area (Å²) in [6.07, 6.45) is 8.69. The van der Waals surface area contributed by atoms with Gasteiger partial charge in [0, 0.05) is 18.2 Å². The quantitative estimate of drug-likeness (QED) is 0.612.